The molecule has 25 heavy (non-hydrogen) atoms. The van der Waals surface area contributed by atoms with Gasteiger partial charge in [0.1, 0.15) is 11.5 Å². The molecule has 0 aliphatic carbocycles. The first-order valence-corrected chi connectivity index (χ1v) is 9.05. The van der Waals surface area contributed by atoms with Gasteiger partial charge in [-0.3, -0.25) is 4.79 Å². The number of ether oxygens (including phenoxy) is 1. The predicted octanol–water partition coefficient (Wildman–Crippen LogP) is 3.83. The fraction of sp³-hybridized carbons (Fsp3) is 0.381. The molecule has 0 saturated carbocycles. The second-order valence-corrected chi connectivity index (χ2v) is 7.12. The molecule has 4 heteroatoms. The van der Waals surface area contributed by atoms with Crippen LogP contribution in [0.5, 0.6) is 11.5 Å². The van der Waals surface area contributed by atoms with E-state index in [0.29, 0.717) is 29.4 Å². The van der Waals surface area contributed by atoms with Gasteiger partial charge < -0.3 is 15.0 Å². The van der Waals surface area contributed by atoms with Gasteiger partial charge in [-0.25, -0.2) is 0 Å². The van der Waals surface area contributed by atoms with E-state index in [0.717, 1.165) is 18.6 Å². The van der Waals surface area contributed by atoms with Crippen molar-refractivity contribution in [3.63, 3.8) is 0 Å². The van der Waals surface area contributed by atoms with E-state index < -0.39 is 0 Å². The van der Waals surface area contributed by atoms with Crippen molar-refractivity contribution in [2.24, 2.45) is 0 Å². The van der Waals surface area contributed by atoms with Crippen molar-refractivity contribution in [2.45, 2.75) is 43.8 Å². The molecule has 0 aromatic heterocycles. The van der Waals surface area contributed by atoms with Crippen molar-refractivity contribution in [2.75, 3.05) is 7.05 Å². The van der Waals surface area contributed by atoms with Crippen LogP contribution in [-0.4, -0.2) is 36.0 Å². The molecule has 130 valence electrons. The number of hydrogen-bond donors (Lipinski definition) is 1. The van der Waals surface area contributed by atoms with E-state index in [1.165, 1.54) is 12.8 Å². The average molecular weight is 336 g/mol. The molecule has 2 aliphatic heterocycles. The molecule has 0 radical (unpaired) electrons. The lowest BCUT2D eigenvalue weighted by molar-refractivity contribution is 0.0681. The van der Waals surface area contributed by atoms with Crippen LogP contribution in [0.25, 0.3) is 0 Å². The number of carbonyl (C=O) groups excluding carboxylic acids is 1. The smallest absolute Gasteiger partial charge is 0.253 e. The number of hydrogen-bond acceptors (Lipinski definition) is 3. The minimum Gasteiger partial charge on any atom is -0.457 e. The number of fused-ring (bicyclic) bond motifs is 2. The molecule has 2 unspecified atom stereocenters. The first-order chi connectivity index (χ1) is 12.2. The van der Waals surface area contributed by atoms with Gasteiger partial charge in [-0.05, 0) is 56.0 Å². The van der Waals surface area contributed by atoms with Crippen LogP contribution in [0, 0.1) is 0 Å². The summed E-state index contributed by atoms with van der Waals surface area (Å²) in [7, 11) is 1.93. The number of nitrogens with one attached hydrogen (secondary N) is 1. The topological polar surface area (TPSA) is 41.6 Å². The van der Waals surface area contributed by atoms with E-state index in [1.807, 2.05) is 66.5 Å². The van der Waals surface area contributed by atoms with Gasteiger partial charge in [-0.15, -0.1) is 0 Å². The minimum absolute atomic E-state index is 0.0739. The molecule has 2 bridgehead atoms. The quantitative estimate of drug-likeness (QED) is 0.922. The summed E-state index contributed by atoms with van der Waals surface area (Å²) in [5, 5.41) is 3.63. The number of nitrogens with zero attached hydrogens (tertiary/aromatic N) is 1. The molecule has 1 amide bonds. The average Bonchev–Trinajstić information content (AvgIpc) is 2.99. The molecule has 2 fully saturated rings. The maximum absolute atomic E-state index is 12.9. The van der Waals surface area contributed by atoms with E-state index in [-0.39, 0.29) is 5.91 Å². The molecule has 0 spiro atoms. The highest BCUT2D eigenvalue weighted by molar-refractivity contribution is 5.94. The molecule has 2 heterocycles. The van der Waals surface area contributed by atoms with Gasteiger partial charge in [0.25, 0.3) is 5.91 Å². The number of piperidine rings is 1. The summed E-state index contributed by atoms with van der Waals surface area (Å²) in [6, 6.07) is 18.6. The van der Waals surface area contributed by atoms with E-state index >= 15 is 0 Å². The Morgan fingerprint density at radius 3 is 2.40 bits per heavy atom. The number of amides is 1. The van der Waals surface area contributed by atoms with Crippen molar-refractivity contribution in [1.29, 1.82) is 0 Å². The summed E-state index contributed by atoms with van der Waals surface area (Å²) in [6.07, 6.45) is 4.59. The second kappa shape index (κ2) is 6.89. The Balaban J connectivity index is 1.47. The summed E-state index contributed by atoms with van der Waals surface area (Å²) < 4.78 is 5.86. The van der Waals surface area contributed by atoms with Crippen LogP contribution in [0.15, 0.2) is 54.6 Å². The van der Waals surface area contributed by atoms with E-state index in [2.05, 4.69) is 5.32 Å². The van der Waals surface area contributed by atoms with Gasteiger partial charge in [0.2, 0.25) is 0 Å². The highest BCUT2D eigenvalue weighted by Crippen LogP contribution is 2.30. The molecule has 2 aromatic carbocycles. The number of carbonyl (C=O) groups is 1. The van der Waals surface area contributed by atoms with E-state index in [4.69, 9.17) is 4.74 Å². The molecular weight excluding hydrogens is 312 g/mol. The standard InChI is InChI=1S/C21H24N2O2/c1-23(18-13-16-10-11-17(14-18)22-16)21(24)15-6-5-9-20(12-15)25-19-7-3-2-4-8-19/h2-9,12,16-18,22H,10-11,13-14H2,1H3. The van der Waals surface area contributed by atoms with E-state index in [9.17, 15) is 4.79 Å². The predicted molar refractivity (Wildman–Crippen MR) is 98.0 cm³/mol. The van der Waals surface area contributed by atoms with Gasteiger partial charge in [0.05, 0.1) is 0 Å². The Kier molecular flexibility index (Phi) is 4.45. The molecule has 1 N–H and O–H groups in total. The van der Waals surface area contributed by atoms with Gasteiger partial charge in [-0.2, -0.15) is 0 Å². The van der Waals surface area contributed by atoms with Gasteiger partial charge in [0.15, 0.2) is 0 Å². The third-order valence-corrected chi connectivity index (χ3v) is 5.38. The van der Waals surface area contributed by atoms with Crippen molar-refractivity contribution in [3.05, 3.63) is 60.2 Å². The van der Waals surface area contributed by atoms with Crippen molar-refractivity contribution in [1.82, 2.24) is 10.2 Å². The number of benzene rings is 2. The molecule has 2 aliphatic rings. The van der Waals surface area contributed by atoms with Gasteiger partial charge in [-0.1, -0.05) is 24.3 Å². The highest BCUT2D eigenvalue weighted by atomic mass is 16.5. The Labute approximate surface area is 148 Å². The van der Waals surface area contributed by atoms with Crippen LogP contribution in [-0.2, 0) is 0 Å². The number of rotatable bonds is 4. The summed E-state index contributed by atoms with van der Waals surface area (Å²) in [6.45, 7) is 0. The van der Waals surface area contributed by atoms with Crippen LogP contribution < -0.4 is 10.1 Å². The lowest BCUT2D eigenvalue weighted by Crippen LogP contribution is -2.48. The maximum Gasteiger partial charge on any atom is 0.253 e. The zero-order valence-corrected chi connectivity index (χ0v) is 14.5. The molecule has 2 atom stereocenters. The maximum atomic E-state index is 12.9. The van der Waals surface area contributed by atoms with Gasteiger partial charge in [0, 0.05) is 30.7 Å². The Morgan fingerprint density at radius 1 is 1.00 bits per heavy atom. The lowest BCUT2D eigenvalue weighted by Gasteiger charge is -2.35. The largest absolute Gasteiger partial charge is 0.457 e. The summed E-state index contributed by atoms with van der Waals surface area (Å²) in [4.78, 5) is 14.9. The summed E-state index contributed by atoms with van der Waals surface area (Å²) in [5.74, 6) is 1.54. The Bertz CT molecular complexity index is 735. The SMILES string of the molecule is CN(C(=O)c1cccc(Oc2ccccc2)c1)C1CC2CCC(C1)N2. The van der Waals surface area contributed by atoms with Crippen molar-refractivity contribution < 1.29 is 9.53 Å². The number of para-hydroxylation sites is 1. The molecule has 4 nitrogen and oxygen atoms in total. The minimum atomic E-state index is 0.0739. The van der Waals surface area contributed by atoms with Gasteiger partial charge >= 0.3 is 0 Å². The molecule has 2 saturated heterocycles. The van der Waals surface area contributed by atoms with E-state index in [1.54, 1.807) is 0 Å². The van der Waals surface area contributed by atoms with Crippen molar-refractivity contribution >= 4 is 5.91 Å². The van der Waals surface area contributed by atoms with Crippen LogP contribution >= 0.6 is 0 Å². The third-order valence-electron chi connectivity index (χ3n) is 5.38. The zero-order chi connectivity index (χ0) is 17.2. The molecule has 2 aromatic rings. The molecule has 4 rings (SSSR count). The fourth-order valence-corrected chi connectivity index (χ4v) is 4.03. The fourth-order valence-electron chi connectivity index (χ4n) is 4.03. The van der Waals surface area contributed by atoms with Crippen LogP contribution in [0.2, 0.25) is 0 Å². The van der Waals surface area contributed by atoms with Crippen LogP contribution in [0.4, 0.5) is 0 Å². The zero-order valence-electron chi connectivity index (χ0n) is 14.5. The highest BCUT2D eigenvalue weighted by Gasteiger charge is 2.36. The first-order valence-electron chi connectivity index (χ1n) is 9.05. The normalized spacial score (nSPS) is 24.8. The lowest BCUT2D eigenvalue weighted by atomic mass is 9.98. The van der Waals surface area contributed by atoms with Crippen LogP contribution in [0.3, 0.4) is 0 Å². The summed E-state index contributed by atoms with van der Waals surface area (Å²) >= 11 is 0. The Morgan fingerprint density at radius 2 is 1.68 bits per heavy atom. The van der Waals surface area contributed by atoms with Crippen LogP contribution in [0.1, 0.15) is 36.0 Å². The Hall–Kier alpha value is -2.33. The molecular formula is C21H24N2O2. The van der Waals surface area contributed by atoms with Crippen molar-refractivity contribution in [3.8, 4) is 11.5 Å². The summed E-state index contributed by atoms with van der Waals surface area (Å²) in [5.41, 5.74) is 0.682. The third kappa shape index (κ3) is 3.54. The second-order valence-electron chi connectivity index (χ2n) is 7.12. The monoisotopic (exact) mass is 336 g/mol. The first kappa shape index (κ1) is 16.2.